The average Bonchev–Trinajstić information content (AvgIpc) is 2.59. The second-order valence-corrected chi connectivity index (χ2v) is 5.73. The van der Waals surface area contributed by atoms with Crippen LogP contribution in [0.1, 0.15) is 34.6 Å². The van der Waals surface area contributed by atoms with Crippen molar-refractivity contribution in [3.8, 4) is 5.88 Å². The van der Waals surface area contributed by atoms with Crippen LogP contribution in [0.5, 0.6) is 5.88 Å². The molecule has 1 aliphatic rings. The molecule has 0 aromatic carbocycles. The summed E-state index contributed by atoms with van der Waals surface area (Å²) in [6.07, 6.45) is 1.64. The summed E-state index contributed by atoms with van der Waals surface area (Å²) in [5.74, 6) is 0.350. The van der Waals surface area contributed by atoms with Gasteiger partial charge in [-0.05, 0) is 46.1 Å². The predicted molar refractivity (Wildman–Crippen MR) is 77.4 cm³/mol. The van der Waals surface area contributed by atoms with Crippen molar-refractivity contribution in [2.45, 2.75) is 45.8 Å². The van der Waals surface area contributed by atoms with E-state index in [4.69, 9.17) is 20.6 Å². The van der Waals surface area contributed by atoms with Gasteiger partial charge >= 0.3 is 7.12 Å². The van der Waals surface area contributed by atoms with Crippen molar-refractivity contribution in [3.05, 3.63) is 23.7 Å². The van der Waals surface area contributed by atoms with E-state index in [1.165, 1.54) is 0 Å². The van der Waals surface area contributed by atoms with Crippen molar-refractivity contribution in [2.75, 3.05) is 6.61 Å². The highest BCUT2D eigenvalue weighted by atomic mass is 16.7. The third-order valence-corrected chi connectivity index (χ3v) is 3.78. The predicted octanol–water partition coefficient (Wildman–Crippen LogP) is 2.33. The lowest BCUT2D eigenvalue weighted by atomic mass is 9.80. The van der Waals surface area contributed by atoms with Crippen molar-refractivity contribution in [3.63, 3.8) is 0 Å². The van der Waals surface area contributed by atoms with Gasteiger partial charge in [0.1, 0.15) is 0 Å². The minimum atomic E-state index is -0.510. The van der Waals surface area contributed by atoms with Crippen molar-refractivity contribution in [1.29, 1.82) is 0 Å². The highest BCUT2D eigenvalue weighted by Gasteiger charge is 2.51. The fraction of sp³-hybridized carbons (Fsp3) is 0.571. The Morgan fingerprint density at radius 3 is 2.40 bits per heavy atom. The molecule has 0 unspecified atom stereocenters. The Morgan fingerprint density at radius 2 is 1.90 bits per heavy atom. The van der Waals surface area contributed by atoms with Gasteiger partial charge in [-0.3, -0.25) is 0 Å². The molecule has 1 saturated heterocycles. The molecule has 2 rings (SSSR count). The van der Waals surface area contributed by atoms with Gasteiger partial charge in [0.25, 0.3) is 0 Å². The smallest absolute Gasteiger partial charge is 0.487 e. The van der Waals surface area contributed by atoms with Gasteiger partial charge in [-0.2, -0.15) is 0 Å². The minimum absolute atomic E-state index is 0.350. The molecule has 1 aromatic heterocycles. The molecule has 5 nitrogen and oxygen atoms in total. The topological polar surface area (TPSA) is 44.9 Å². The number of aromatic nitrogens is 1. The zero-order valence-corrected chi connectivity index (χ0v) is 12.6. The molecular formula is C14H19BN2O3. The van der Waals surface area contributed by atoms with Crippen molar-refractivity contribution in [1.82, 2.24) is 4.98 Å². The molecule has 0 amide bonds. The van der Waals surface area contributed by atoms with Gasteiger partial charge in [0.05, 0.1) is 24.4 Å². The molecule has 0 saturated carbocycles. The van der Waals surface area contributed by atoms with Gasteiger partial charge in [-0.1, -0.05) is 0 Å². The van der Waals surface area contributed by atoms with E-state index in [0.717, 1.165) is 5.46 Å². The Bertz CT molecular complexity index is 536. The van der Waals surface area contributed by atoms with Crippen LogP contribution in [-0.2, 0) is 9.31 Å². The molecule has 0 radical (unpaired) electrons. The number of nitrogens with zero attached hydrogens (tertiary/aromatic N) is 2. The van der Waals surface area contributed by atoms with E-state index >= 15 is 0 Å². The third kappa shape index (κ3) is 2.51. The first-order chi connectivity index (χ1) is 9.30. The van der Waals surface area contributed by atoms with Crippen LogP contribution in [0.3, 0.4) is 0 Å². The van der Waals surface area contributed by atoms with Gasteiger partial charge in [0, 0.05) is 6.20 Å². The molecule has 6 heteroatoms. The average molecular weight is 274 g/mol. The Kier molecular flexibility index (Phi) is 3.76. The highest BCUT2D eigenvalue weighted by Crippen LogP contribution is 2.36. The fourth-order valence-electron chi connectivity index (χ4n) is 1.89. The summed E-state index contributed by atoms with van der Waals surface area (Å²) in [6.45, 7) is 17.5. The largest absolute Gasteiger partial charge is 0.495 e. The minimum Gasteiger partial charge on any atom is -0.487 e. The number of hydrogen-bond acceptors (Lipinski definition) is 4. The molecule has 0 aliphatic carbocycles. The Balaban J connectivity index is 2.30. The normalized spacial score (nSPS) is 19.7. The van der Waals surface area contributed by atoms with Crippen molar-refractivity contribution >= 4 is 18.3 Å². The van der Waals surface area contributed by atoms with Crippen LogP contribution in [0.15, 0.2) is 12.3 Å². The number of pyridine rings is 1. The molecule has 0 N–H and O–H groups in total. The van der Waals surface area contributed by atoms with E-state index in [0.29, 0.717) is 18.2 Å². The van der Waals surface area contributed by atoms with Gasteiger partial charge in [0.2, 0.25) is 11.6 Å². The lowest BCUT2D eigenvalue weighted by Crippen LogP contribution is -2.41. The van der Waals surface area contributed by atoms with Gasteiger partial charge < -0.3 is 14.0 Å². The summed E-state index contributed by atoms with van der Waals surface area (Å²) in [7, 11) is -0.510. The standard InChI is InChI=1S/C14H19BN2O3/c1-7-18-12-11(16-6)8-10(9-17-12)15-19-13(2,3)14(4,5)20-15/h8-9H,7H2,1-5H3. The number of rotatable bonds is 3. The van der Waals surface area contributed by atoms with Gasteiger partial charge in [-0.15, -0.1) is 0 Å². The molecule has 0 bridgehead atoms. The van der Waals surface area contributed by atoms with Crippen molar-refractivity contribution < 1.29 is 14.0 Å². The summed E-state index contributed by atoms with van der Waals surface area (Å²) < 4.78 is 17.2. The number of hydrogen-bond donors (Lipinski definition) is 0. The Morgan fingerprint density at radius 1 is 1.30 bits per heavy atom. The molecule has 1 aliphatic heterocycles. The summed E-state index contributed by atoms with van der Waals surface area (Å²) in [6, 6.07) is 1.72. The van der Waals surface area contributed by atoms with E-state index in [1.807, 2.05) is 34.6 Å². The van der Waals surface area contributed by atoms with Crippen LogP contribution in [0.2, 0.25) is 0 Å². The van der Waals surface area contributed by atoms with E-state index in [9.17, 15) is 0 Å². The van der Waals surface area contributed by atoms with Crippen LogP contribution in [0.25, 0.3) is 4.85 Å². The van der Waals surface area contributed by atoms with Crippen molar-refractivity contribution in [2.24, 2.45) is 0 Å². The molecule has 1 aromatic rings. The molecule has 0 spiro atoms. The second-order valence-electron chi connectivity index (χ2n) is 5.73. The van der Waals surface area contributed by atoms with E-state index in [2.05, 4.69) is 9.83 Å². The van der Waals surface area contributed by atoms with Crippen LogP contribution in [0.4, 0.5) is 5.69 Å². The SMILES string of the molecule is [C-]#[N+]c1cc(B2OC(C)(C)C(C)(C)O2)cnc1OCC. The lowest BCUT2D eigenvalue weighted by Gasteiger charge is -2.32. The molecule has 1 fully saturated rings. The van der Waals surface area contributed by atoms with Gasteiger partial charge in [-0.25, -0.2) is 9.83 Å². The Hall–Kier alpha value is -1.58. The zero-order chi connectivity index (χ0) is 15.0. The highest BCUT2D eigenvalue weighted by molar-refractivity contribution is 6.62. The summed E-state index contributed by atoms with van der Waals surface area (Å²) in [5.41, 5.74) is 0.292. The first kappa shape index (κ1) is 14.8. The molecular weight excluding hydrogens is 255 g/mol. The first-order valence-electron chi connectivity index (χ1n) is 6.66. The maximum absolute atomic E-state index is 7.21. The molecule has 2 heterocycles. The number of ether oxygens (including phenoxy) is 1. The Labute approximate surface area is 120 Å². The zero-order valence-electron chi connectivity index (χ0n) is 12.6. The van der Waals surface area contributed by atoms with Crippen LogP contribution < -0.4 is 10.2 Å². The van der Waals surface area contributed by atoms with Gasteiger partial charge in [0.15, 0.2) is 0 Å². The molecule has 0 atom stereocenters. The maximum atomic E-state index is 7.21. The lowest BCUT2D eigenvalue weighted by molar-refractivity contribution is 0.00578. The summed E-state index contributed by atoms with van der Waals surface area (Å²) >= 11 is 0. The third-order valence-electron chi connectivity index (χ3n) is 3.78. The van der Waals surface area contributed by atoms with E-state index in [-0.39, 0.29) is 0 Å². The quantitative estimate of drug-likeness (QED) is 0.627. The second kappa shape index (κ2) is 5.08. The molecule has 106 valence electrons. The fourth-order valence-corrected chi connectivity index (χ4v) is 1.89. The summed E-state index contributed by atoms with van der Waals surface area (Å²) in [5, 5.41) is 0. The van der Waals surface area contributed by atoms with Crippen LogP contribution in [0, 0.1) is 6.57 Å². The first-order valence-corrected chi connectivity index (χ1v) is 6.66. The van der Waals surface area contributed by atoms with Crippen LogP contribution >= 0.6 is 0 Å². The molecule has 20 heavy (non-hydrogen) atoms. The van der Waals surface area contributed by atoms with E-state index in [1.54, 1.807) is 12.3 Å². The van der Waals surface area contributed by atoms with E-state index < -0.39 is 18.3 Å². The van der Waals surface area contributed by atoms with Crippen LogP contribution in [-0.4, -0.2) is 29.9 Å². The maximum Gasteiger partial charge on any atom is 0.495 e. The monoisotopic (exact) mass is 274 g/mol. The summed E-state index contributed by atoms with van der Waals surface area (Å²) in [4.78, 5) is 7.63.